The molecule has 5 aromatic rings. The smallest absolute Gasteiger partial charge is 0.312 e. The number of hydrogen-bond donors (Lipinski definition) is 0. The molecular weight excluding hydrogens is 480 g/mol. The van der Waals surface area contributed by atoms with Gasteiger partial charge in [0.15, 0.2) is 5.76 Å². The number of furan rings is 1. The molecule has 0 amide bonds. The summed E-state index contributed by atoms with van der Waals surface area (Å²) in [7, 11) is 1.54. The van der Waals surface area contributed by atoms with Gasteiger partial charge in [-0.3, -0.25) is 19.7 Å². The Morgan fingerprint density at radius 3 is 2.65 bits per heavy atom. The Morgan fingerprint density at radius 2 is 1.89 bits per heavy atom. The molecule has 0 spiro atoms. The summed E-state index contributed by atoms with van der Waals surface area (Å²) in [6.45, 7) is 1.13. The van der Waals surface area contributed by atoms with Crippen LogP contribution in [0.15, 0.2) is 81.0 Å². The number of ether oxygens (including phenoxy) is 2. The number of rotatable bonds is 6. The molecule has 0 unspecified atom stereocenters. The lowest BCUT2D eigenvalue weighted by Crippen LogP contribution is -2.20. The predicted molar refractivity (Wildman–Crippen MR) is 135 cm³/mol. The lowest BCUT2D eigenvalue weighted by molar-refractivity contribution is -0.385. The lowest BCUT2D eigenvalue weighted by atomic mass is 10.2. The average Bonchev–Trinajstić information content (AvgIpc) is 3.32. The van der Waals surface area contributed by atoms with E-state index in [4.69, 9.17) is 13.9 Å². The molecule has 11 heteroatoms. The van der Waals surface area contributed by atoms with Crippen LogP contribution in [0.25, 0.3) is 33.5 Å². The fourth-order valence-corrected chi connectivity index (χ4v) is 3.88. The topological polar surface area (TPSA) is 139 Å². The van der Waals surface area contributed by atoms with Crippen LogP contribution in [0.5, 0.6) is 11.5 Å². The van der Waals surface area contributed by atoms with Gasteiger partial charge in [-0.25, -0.2) is 4.98 Å². The minimum Gasteiger partial charge on any atom is -0.496 e. The first-order valence-electron chi connectivity index (χ1n) is 11.0. The van der Waals surface area contributed by atoms with Gasteiger partial charge in [-0.15, -0.1) is 0 Å². The van der Waals surface area contributed by atoms with Crippen molar-refractivity contribution in [2.75, 3.05) is 7.11 Å². The van der Waals surface area contributed by atoms with E-state index in [1.54, 1.807) is 48.5 Å². The van der Waals surface area contributed by atoms with Gasteiger partial charge in [0.1, 0.15) is 11.3 Å². The summed E-state index contributed by atoms with van der Waals surface area (Å²) >= 11 is 0. The van der Waals surface area contributed by atoms with E-state index in [2.05, 4.69) is 10.1 Å². The van der Waals surface area contributed by atoms with Crippen LogP contribution in [-0.4, -0.2) is 33.9 Å². The van der Waals surface area contributed by atoms with Gasteiger partial charge in [-0.1, -0.05) is 24.3 Å². The third-order valence-electron chi connectivity index (χ3n) is 5.50. The molecule has 0 saturated heterocycles. The zero-order valence-electron chi connectivity index (χ0n) is 19.6. The largest absolute Gasteiger partial charge is 0.496 e. The zero-order valence-corrected chi connectivity index (χ0v) is 19.6. The van der Waals surface area contributed by atoms with Crippen molar-refractivity contribution in [1.29, 1.82) is 0 Å². The Bertz CT molecular complexity index is 1790. The second kappa shape index (κ2) is 9.38. The highest BCUT2D eigenvalue weighted by molar-refractivity contribution is 5.90. The standard InChI is InChI=1S/C26H18N4O7/c1-15(31)36-24-16(7-5-10-20(24)30(33)34)14-27-29-25(28-19-9-4-3-8-17(19)26(29)32)23-13-18-21(35-2)11-6-12-22(18)37-23/h3-14H,1-2H3. The molecule has 2 heterocycles. The summed E-state index contributed by atoms with van der Waals surface area (Å²) in [5.41, 5.74) is 0.138. The van der Waals surface area contributed by atoms with Gasteiger partial charge < -0.3 is 13.9 Å². The number of methoxy groups -OCH3 is 1. The maximum absolute atomic E-state index is 13.5. The monoisotopic (exact) mass is 498 g/mol. The van der Waals surface area contributed by atoms with Crippen molar-refractivity contribution in [2.45, 2.75) is 6.92 Å². The van der Waals surface area contributed by atoms with Gasteiger partial charge in [0.05, 0.1) is 34.5 Å². The van der Waals surface area contributed by atoms with Crippen molar-refractivity contribution in [1.82, 2.24) is 9.66 Å². The molecule has 0 N–H and O–H groups in total. The van der Waals surface area contributed by atoms with E-state index in [0.717, 1.165) is 11.6 Å². The Labute approximate surface area is 208 Å². The number of aromatic nitrogens is 2. The minimum absolute atomic E-state index is 0.0951. The van der Waals surface area contributed by atoms with Gasteiger partial charge in [-0.2, -0.15) is 9.78 Å². The van der Waals surface area contributed by atoms with Crippen molar-refractivity contribution in [3.05, 3.63) is 92.8 Å². The lowest BCUT2D eigenvalue weighted by Gasteiger charge is -2.08. The van der Waals surface area contributed by atoms with Gasteiger partial charge in [0, 0.05) is 18.6 Å². The number of hydrogen-bond acceptors (Lipinski definition) is 9. The fourth-order valence-electron chi connectivity index (χ4n) is 3.88. The second-order valence-corrected chi connectivity index (χ2v) is 7.84. The molecule has 5 rings (SSSR count). The van der Waals surface area contributed by atoms with Crippen molar-refractivity contribution in [3.63, 3.8) is 0 Å². The molecule has 0 aliphatic carbocycles. The van der Waals surface area contributed by atoms with Crippen LogP contribution in [0.2, 0.25) is 0 Å². The number of nitrogens with zero attached hydrogens (tertiary/aromatic N) is 4. The summed E-state index contributed by atoms with van der Waals surface area (Å²) in [6, 6.07) is 17.8. The minimum atomic E-state index is -0.745. The van der Waals surface area contributed by atoms with E-state index in [1.807, 2.05) is 0 Å². The number of carbonyl (C=O) groups excluding carboxylic acids is 1. The molecule has 37 heavy (non-hydrogen) atoms. The molecule has 3 aromatic carbocycles. The molecule has 184 valence electrons. The van der Waals surface area contributed by atoms with Crippen LogP contribution in [0, 0.1) is 10.1 Å². The SMILES string of the molecule is COc1cccc2oc(-c3nc4ccccc4c(=O)n3N=Cc3cccc([N+](=O)[O-])c3OC(C)=O)cc12. The molecule has 0 atom stereocenters. The normalized spacial score (nSPS) is 11.3. The number of nitro groups is 1. The third-order valence-corrected chi connectivity index (χ3v) is 5.50. The van der Waals surface area contributed by atoms with Crippen LogP contribution in [0.3, 0.4) is 0 Å². The van der Waals surface area contributed by atoms with Crippen molar-refractivity contribution >= 4 is 39.7 Å². The Morgan fingerprint density at radius 1 is 1.11 bits per heavy atom. The Kier molecular flexibility index (Phi) is 5.94. The predicted octanol–water partition coefficient (Wildman–Crippen LogP) is 4.53. The number of nitro benzene ring substituents is 1. The molecule has 0 radical (unpaired) electrons. The molecule has 0 bridgehead atoms. The molecular formula is C26H18N4O7. The number of benzene rings is 3. The highest BCUT2D eigenvalue weighted by Crippen LogP contribution is 2.33. The van der Waals surface area contributed by atoms with Gasteiger partial charge >= 0.3 is 11.7 Å². The van der Waals surface area contributed by atoms with Crippen molar-refractivity contribution in [2.24, 2.45) is 5.10 Å². The molecule has 0 saturated carbocycles. The first kappa shape index (κ1) is 23.4. The van der Waals surface area contributed by atoms with E-state index in [0.29, 0.717) is 27.6 Å². The van der Waals surface area contributed by atoms with Crippen molar-refractivity contribution in [3.8, 4) is 23.1 Å². The van der Waals surface area contributed by atoms with E-state index >= 15 is 0 Å². The Balaban J connectivity index is 1.74. The summed E-state index contributed by atoms with van der Waals surface area (Å²) in [5, 5.41) is 16.8. The summed E-state index contributed by atoms with van der Waals surface area (Å²) in [6.07, 6.45) is 1.19. The number of fused-ring (bicyclic) bond motifs is 2. The van der Waals surface area contributed by atoms with Crippen LogP contribution in [0.4, 0.5) is 5.69 Å². The van der Waals surface area contributed by atoms with Crippen LogP contribution in [-0.2, 0) is 4.79 Å². The molecule has 11 nitrogen and oxygen atoms in total. The fraction of sp³-hybridized carbons (Fsp3) is 0.0769. The van der Waals surface area contributed by atoms with Gasteiger partial charge in [0.2, 0.25) is 11.6 Å². The molecule has 2 aromatic heterocycles. The van der Waals surface area contributed by atoms with Gasteiger partial charge in [0.25, 0.3) is 5.56 Å². The summed E-state index contributed by atoms with van der Waals surface area (Å²) < 4.78 is 17.5. The van der Waals surface area contributed by atoms with E-state index in [9.17, 15) is 19.7 Å². The van der Waals surface area contributed by atoms with Crippen molar-refractivity contribution < 1.29 is 23.6 Å². The first-order valence-corrected chi connectivity index (χ1v) is 11.0. The van der Waals surface area contributed by atoms with Crippen LogP contribution >= 0.6 is 0 Å². The average molecular weight is 498 g/mol. The van der Waals surface area contributed by atoms with E-state index in [-0.39, 0.29) is 22.9 Å². The molecule has 0 aliphatic heterocycles. The highest BCUT2D eigenvalue weighted by Gasteiger charge is 2.21. The molecule has 0 aliphatic rings. The number of esters is 1. The zero-order chi connectivity index (χ0) is 26.1. The maximum Gasteiger partial charge on any atom is 0.312 e. The maximum atomic E-state index is 13.5. The van der Waals surface area contributed by atoms with Crippen LogP contribution in [0.1, 0.15) is 12.5 Å². The van der Waals surface area contributed by atoms with E-state index in [1.165, 1.54) is 31.5 Å². The van der Waals surface area contributed by atoms with E-state index < -0.39 is 22.1 Å². The third kappa shape index (κ3) is 4.29. The highest BCUT2D eigenvalue weighted by atomic mass is 16.6. The summed E-state index contributed by atoms with van der Waals surface area (Å²) in [4.78, 5) is 40.5. The first-order chi connectivity index (χ1) is 17.9. The summed E-state index contributed by atoms with van der Waals surface area (Å²) in [5.74, 6) is -0.115. The van der Waals surface area contributed by atoms with Crippen LogP contribution < -0.4 is 15.0 Å². The number of para-hydroxylation sites is 2. The molecule has 0 fully saturated rings. The Hall–Kier alpha value is -5.32. The quantitative estimate of drug-likeness (QED) is 0.109. The second-order valence-electron chi connectivity index (χ2n) is 7.84. The number of carbonyl (C=O) groups is 1. The van der Waals surface area contributed by atoms with Gasteiger partial charge in [-0.05, 0) is 36.4 Å².